The van der Waals surface area contributed by atoms with Crippen molar-refractivity contribution in [3.63, 3.8) is 0 Å². The van der Waals surface area contributed by atoms with Gasteiger partial charge in [-0.15, -0.1) is 0 Å². The minimum atomic E-state index is -0.237. The van der Waals surface area contributed by atoms with E-state index in [-0.39, 0.29) is 17.7 Å². The number of carbonyl (C=O) groups excluding carboxylic acids is 3. The summed E-state index contributed by atoms with van der Waals surface area (Å²) in [5, 5.41) is 5.69. The molecule has 0 radical (unpaired) electrons. The zero-order valence-corrected chi connectivity index (χ0v) is 16.2. The zero-order valence-electron chi connectivity index (χ0n) is 16.2. The van der Waals surface area contributed by atoms with Crippen LogP contribution >= 0.6 is 0 Å². The van der Waals surface area contributed by atoms with Crippen molar-refractivity contribution in [2.24, 2.45) is 0 Å². The zero-order chi connectivity index (χ0) is 20.1. The third-order valence-electron chi connectivity index (χ3n) is 4.86. The van der Waals surface area contributed by atoms with Crippen molar-refractivity contribution in [3.05, 3.63) is 53.6 Å². The van der Waals surface area contributed by atoms with Crippen LogP contribution in [0.4, 0.5) is 17.1 Å². The van der Waals surface area contributed by atoms with Gasteiger partial charge in [0.2, 0.25) is 11.8 Å². The summed E-state index contributed by atoms with van der Waals surface area (Å²) in [4.78, 5) is 38.0. The van der Waals surface area contributed by atoms with E-state index in [0.717, 1.165) is 30.6 Å². The van der Waals surface area contributed by atoms with Crippen LogP contribution in [0.2, 0.25) is 0 Å². The number of amides is 3. The number of hydrogen-bond donors (Lipinski definition) is 2. The molecular weight excluding hydrogens is 354 g/mol. The summed E-state index contributed by atoms with van der Waals surface area (Å²) in [6.45, 7) is 4.40. The highest BCUT2D eigenvalue weighted by molar-refractivity contribution is 6.05. The minimum Gasteiger partial charge on any atom is -0.326 e. The summed E-state index contributed by atoms with van der Waals surface area (Å²) in [5.41, 5.74) is 3.52. The number of nitrogens with one attached hydrogen (secondary N) is 2. The number of aryl methyl sites for hydroxylation is 1. The molecule has 0 atom stereocenters. The van der Waals surface area contributed by atoms with Crippen molar-refractivity contribution in [2.45, 2.75) is 39.5 Å². The van der Waals surface area contributed by atoms with Crippen molar-refractivity contribution in [2.75, 3.05) is 22.1 Å². The molecule has 6 nitrogen and oxygen atoms in total. The predicted octanol–water partition coefficient (Wildman–Crippen LogP) is 4.11. The van der Waals surface area contributed by atoms with Crippen LogP contribution in [0, 0.1) is 6.92 Å². The molecule has 0 spiro atoms. The van der Waals surface area contributed by atoms with E-state index in [1.807, 2.05) is 31.2 Å². The summed E-state index contributed by atoms with van der Waals surface area (Å²) in [5.74, 6) is -0.187. The van der Waals surface area contributed by atoms with Crippen LogP contribution in [0.5, 0.6) is 0 Å². The first kappa shape index (κ1) is 19.6. The Morgan fingerprint density at radius 2 is 1.79 bits per heavy atom. The molecule has 3 rings (SSSR count). The maximum Gasteiger partial charge on any atom is 0.255 e. The fourth-order valence-corrected chi connectivity index (χ4v) is 3.15. The molecule has 1 heterocycles. The Hall–Kier alpha value is -3.15. The number of anilines is 3. The average Bonchev–Trinajstić information content (AvgIpc) is 2.71. The highest BCUT2D eigenvalue weighted by Gasteiger charge is 2.19. The van der Waals surface area contributed by atoms with E-state index in [1.165, 1.54) is 0 Å². The van der Waals surface area contributed by atoms with Crippen LogP contribution < -0.4 is 15.5 Å². The van der Waals surface area contributed by atoms with Gasteiger partial charge in [-0.3, -0.25) is 14.4 Å². The number of hydrogen-bond acceptors (Lipinski definition) is 3. The Labute approximate surface area is 164 Å². The third kappa shape index (κ3) is 4.57. The first-order valence-electron chi connectivity index (χ1n) is 9.60. The Balaban J connectivity index is 1.71. The lowest BCUT2D eigenvalue weighted by molar-refractivity contribution is -0.119. The fraction of sp³-hybridized carbons (Fsp3) is 0.318. The molecule has 1 saturated heterocycles. The van der Waals surface area contributed by atoms with Crippen LogP contribution in [0.1, 0.15) is 48.5 Å². The quantitative estimate of drug-likeness (QED) is 0.820. The van der Waals surface area contributed by atoms with Gasteiger partial charge in [0.25, 0.3) is 5.91 Å². The fourth-order valence-electron chi connectivity index (χ4n) is 3.15. The van der Waals surface area contributed by atoms with Crippen LogP contribution in [-0.2, 0) is 9.59 Å². The molecule has 1 aliphatic rings. The van der Waals surface area contributed by atoms with Gasteiger partial charge in [0.1, 0.15) is 0 Å². The molecular formula is C22H25N3O3. The maximum atomic E-state index is 12.6. The van der Waals surface area contributed by atoms with Crippen molar-refractivity contribution in [3.8, 4) is 0 Å². The summed E-state index contributed by atoms with van der Waals surface area (Å²) < 4.78 is 0. The number of piperidine rings is 1. The van der Waals surface area contributed by atoms with E-state index in [2.05, 4.69) is 10.6 Å². The molecule has 2 aromatic rings. The molecule has 0 saturated carbocycles. The lowest BCUT2D eigenvalue weighted by Gasteiger charge is -2.26. The normalized spacial score (nSPS) is 13.9. The Morgan fingerprint density at radius 3 is 2.46 bits per heavy atom. The summed E-state index contributed by atoms with van der Waals surface area (Å²) >= 11 is 0. The lowest BCUT2D eigenvalue weighted by atomic mass is 10.1. The largest absolute Gasteiger partial charge is 0.326 e. The smallest absolute Gasteiger partial charge is 0.255 e. The SMILES string of the molecule is CCC(=O)Nc1ccc(C)c(NC(=O)c2ccc(N3CCCCC3=O)cc2)c1. The van der Waals surface area contributed by atoms with Gasteiger partial charge in [-0.2, -0.15) is 0 Å². The molecule has 0 bridgehead atoms. The molecule has 3 amide bonds. The third-order valence-corrected chi connectivity index (χ3v) is 4.86. The Morgan fingerprint density at radius 1 is 1.04 bits per heavy atom. The first-order chi connectivity index (χ1) is 13.5. The second-order valence-corrected chi connectivity index (χ2v) is 6.93. The monoisotopic (exact) mass is 379 g/mol. The van der Waals surface area contributed by atoms with Gasteiger partial charge < -0.3 is 15.5 Å². The number of carbonyl (C=O) groups is 3. The van der Waals surface area contributed by atoms with Crippen molar-refractivity contribution in [1.82, 2.24) is 0 Å². The molecule has 1 aliphatic heterocycles. The Bertz CT molecular complexity index is 890. The predicted molar refractivity (Wildman–Crippen MR) is 111 cm³/mol. The van der Waals surface area contributed by atoms with Gasteiger partial charge in [0, 0.05) is 42.0 Å². The molecule has 2 aromatic carbocycles. The van der Waals surface area contributed by atoms with Crippen molar-refractivity contribution < 1.29 is 14.4 Å². The molecule has 146 valence electrons. The highest BCUT2D eigenvalue weighted by atomic mass is 16.2. The van der Waals surface area contributed by atoms with Gasteiger partial charge in [-0.25, -0.2) is 0 Å². The van der Waals surface area contributed by atoms with E-state index in [1.54, 1.807) is 30.0 Å². The van der Waals surface area contributed by atoms with Crippen LogP contribution in [0.3, 0.4) is 0 Å². The summed E-state index contributed by atoms with van der Waals surface area (Å²) in [6.07, 6.45) is 2.90. The van der Waals surface area contributed by atoms with Gasteiger partial charge in [-0.05, 0) is 61.7 Å². The number of rotatable bonds is 5. The highest BCUT2D eigenvalue weighted by Crippen LogP contribution is 2.23. The molecule has 0 aromatic heterocycles. The van der Waals surface area contributed by atoms with E-state index in [9.17, 15) is 14.4 Å². The van der Waals surface area contributed by atoms with E-state index < -0.39 is 0 Å². The van der Waals surface area contributed by atoms with E-state index >= 15 is 0 Å². The van der Waals surface area contributed by atoms with E-state index in [0.29, 0.717) is 29.8 Å². The topological polar surface area (TPSA) is 78.5 Å². The van der Waals surface area contributed by atoms with Crippen molar-refractivity contribution in [1.29, 1.82) is 0 Å². The second kappa shape index (κ2) is 8.69. The van der Waals surface area contributed by atoms with Gasteiger partial charge in [0.05, 0.1) is 0 Å². The Kier molecular flexibility index (Phi) is 6.09. The standard InChI is InChI=1S/C22H25N3O3/c1-3-20(26)23-17-10-7-15(2)19(14-17)24-22(28)16-8-11-18(12-9-16)25-13-5-4-6-21(25)27/h7-12,14H,3-6,13H2,1-2H3,(H,23,26)(H,24,28). The summed E-state index contributed by atoms with van der Waals surface area (Å²) in [6, 6.07) is 12.5. The second-order valence-electron chi connectivity index (χ2n) is 6.93. The molecule has 6 heteroatoms. The molecule has 0 unspecified atom stereocenters. The lowest BCUT2D eigenvalue weighted by Crippen LogP contribution is -2.35. The number of benzene rings is 2. The van der Waals surface area contributed by atoms with Crippen LogP contribution in [0.15, 0.2) is 42.5 Å². The summed E-state index contributed by atoms with van der Waals surface area (Å²) in [7, 11) is 0. The first-order valence-corrected chi connectivity index (χ1v) is 9.60. The molecule has 0 aliphatic carbocycles. The molecule has 2 N–H and O–H groups in total. The number of nitrogens with zero attached hydrogens (tertiary/aromatic N) is 1. The minimum absolute atomic E-state index is 0.0796. The van der Waals surface area contributed by atoms with E-state index in [4.69, 9.17) is 0 Å². The van der Waals surface area contributed by atoms with Crippen LogP contribution in [-0.4, -0.2) is 24.3 Å². The van der Waals surface area contributed by atoms with Crippen LogP contribution in [0.25, 0.3) is 0 Å². The molecule has 1 fully saturated rings. The van der Waals surface area contributed by atoms with Gasteiger partial charge in [0.15, 0.2) is 0 Å². The van der Waals surface area contributed by atoms with Gasteiger partial charge >= 0.3 is 0 Å². The molecule has 28 heavy (non-hydrogen) atoms. The van der Waals surface area contributed by atoms with Crippen molar-refractivity contribution >= 4 is 34.8 Å². The average molecular weight is 379 g/mol. The maximum absolute atomic E-state index is 12.6. The van der Waals surface area contributed by atoms with Gasteiger partial charge in [-0.1, -0.05) is 13.0 Å².